The van der Waals surface area contributed by atoms with Crippen molar-refractivity contribution in [3.8, 4) is 0 Å². The molecule has 7 nitrogen and oxygen atoms in total. The molecule has 0 aromatic carbocycles. The average Bonchev–Trinajstić information content (AvgIpc) is 3.02. The molecule has 1 aliphatic heterocycles. The number of carbonyl (C=O) groups excluding carboxylic acids is 3. The van der Waals surface area contributed by atoms with E-state index in [1.165, 1.54) is 16.2 Å². The zero-order chi connectivity index (χ0) is 17.6. The Hall–Kier alpha value is -1.96. The van der Waals surface area contributed by atoms with E-state index in [1.807, 2.05) is 13.8 Å². The lowest BCUT2D eigenvalue weighted by Gasteiger charge is -2.26. The summed E-state index contributed by atoms with van der Waals surface area (Å²) >= 11 is 1.28. The van der Waals surface area contributed by atoms with Gasteiger partial charge in [0.05, 0.1) is 17.2 Å². The molecule has 3 rings (SSSR count). The van der Waals surface area contributed by atoms with E-state index in [9.17, 15) is 14.4 Å². The first-order valence-electron chi connectivity index (χ1n) is 7.96. The number of anilines is 1. The summed E-state index contributed by atoms with van der Waals surface area (Å²) in [4.78, 5) is 44.6. The highest BCUT2D eigenvalue weighted by molar-refractivity contribution is 7.17. The predicted molar refractivity (Wildman–Crippen MR) is 88.8 cm³/mol. The number of likely N-dealkylation sites (N-methyl/N-ethyl adjacent to an activating group) is 1. The number of ether oxygens (including phenoxy) is 1. The Morgan fingerprint density at radius 1 is 1.38 bits per heavy atom. The van der Waals surface area contributed by atoms with E-state index in [-0.39, 0.29) is 30.2 Å². The Morgan fingerprint density at radius 2 is 2.08 bits per heavy atom. The Labute approximate surface area is 144 Å². The van der Waals surface area contributed by atoms with Gasteiger partial charge in [-0.1, -0.05) is 32.1 Å². The number of aromatic nitrogens is 1. The second-order valence-electron chi connectivity index (χ2n) is 7.06. The fraction of sp³-hybridized carbons (Fsp3) is 0.625. The fourth-order valence-corrected chi connectivity index (χ4v) is 4.04. The van der Waals surface area contributed by atoms with Gasteiger partial charge in [-0.3, -0.25) is 19.3 Å². The Morgan fingerprint density at radius 3 is 2.75 bits per heavy atom. The number of rotatable bonds is 3. The molecule has 2 heterocycles. The van der Waals surface area contributed by atoms with Crippen molar-refractivity contribution in [2.24, 2.45) is 5.41 Å². The lowest BCUT2D eigenvalue weighted by atomic mass is 9.78. The third-order valence-corrected chi connectivity index (χ3v) is 5.41. The van der Waals surface area contributed by atoms with Crippen molar-refractivity contribution in [3.05, 3.63) is 10.6 Å². The third-order valence-electron chi connectivity index (χ3n) is 4.24. The van der Waals surface area contributed by atoms with Crippen LogP contribution in [0.15, 0.2) is 0 Å². The molecule has 2 aliphatic rings. The van der Waals surface area contributed by atoms with Crippen LogP contribution in [-0.2, 0) is 20.7 Å². The minimum atomic E-state index is -1.00. The number of nitrogens with zero attached hydrogens (tertiary/aromatic N) is 3. The minimum absolute atomic E-state index is 0.0889. The molecule has 1 atom stereocenters. The first-order valence-corrected chi connectivity index (χ1v) is 8.77. The molecule has 1 unspecified atom stereocenters. The minimum Gasteiger partial charge on any atom is -0.432 e. The first kappa shape index (κ1) is 16.9. The SMILES string of the molecule is CCC(=O)OC1C(=O)N(C)CN1c1nc2c(s1)C(=O)CC(C)(C)C2. The largest absolute Gasteiger partial charge is 0.432 e. The number of ketones is 1. The van der Waals surface area contributed by atoms with Crippen molar-refractivity contribution < 1.29 is 19.1 Å². The van der Waals surface area contributed by atoms with Crippen LogP contribution in [0.4, 0.5) is 5.13 Å². The second kappa shape index (κ2) is 5.84. The van der Waals surface area contributed by atoms with Gasteiger partial charge in [-0.2, -0.15) is 0 Å². The Bertz CT molecular complexity index is 712. The van der Waals surface area contributed by atoms with Crippen molar-refractivity contribution in [3.63, 3.8) is 0 Å². The lowest BCUT2D eigenvalue weighted by molar-refractivity contribution is -0.155. The quantitative estimate of drug-likeness (QED) is 0.773. The van der Waals surface area contributed by atoms with Crippen molar-refractivity contribution in [2.45, 2.75) is 46.3 Å². The molecule has 0 radical (unpaired) electrons. The van der Waals surface area contributed by atoms with E-state index < -0.39 is 12.2 Å². The summed E-state index contributed by atoms with van der Waals surface area (Å²) in [5, 5.41) is 0.553. The van der Waals surface area contributed by atoms with Crippen molar-refractivity contribution >= 4 is 34.1 Å². The van der Waals surface area contributed by atoms with Gasteiger partial charge in [0, 0.05) is 19.9 Å². The number of amides is 1. The zero-order valence-corrected chi connectivity index (χ0v) is 15.1. The molecular weight excluding hydrogens is 330 g/mol. The Kier molecular flexibility index (Phi) is 4.11. The highest BCUT2D eigenvalue weighted by Gasteiger charge is 2.42. The topological polar surface area (TPSA) is 79.8 Å². The van der Waals surface area contributed by atoms with Gasteiger partial charge in [-0.05, 0) is 11.8 Å². The van der Waals surface area contributed by atoms with E-state index >= 15 is 0 Å². The number of hydrogen-bond donors (Lipinski definition) is 0. The summed E-state index contributed by atoms with van der Waals surface area (Å²) in [6, 6.07) is 0. The number of carbonyl (C=O) groups is 3. The molecule has 8 heteroatoms. The molecule has 1 aromatic heterocycles. The highest BCUT2D eigenvalue weighted by atomic mass is 32.1. The highest BCUT2D eigenvalue weighted by Crippen LogP contribution is 2.40. The number of fused-ring (bicyclic) bond motifs is 1. The van der Waals surface area contributed by atoms with E-state index in [0.717, 1.165) is 12.1 Å². The van der Waals surface area contributed by atoms with Crippen LogP contribution in [-0.4, -0.2) is 47.5 Å². The molecular formula is C16H21N3O4S. The molecule has 1 aliphatic carbocycles. The summed E-state index contributed by atoms with van der Waals surface area (Å²) in [6.07, 6.45) is 0.414. The van der Waals surface area contributed by atoms with Gasteiger partial charge >= 0.3 is 5.97 Å². The number of Topliss-reactive ketones (excluding diaryl/α,β-unsaturated/α-hetero) is 1. The van der Waals surface area contributed by atoms with Crippen molar-refractivity contribution in [2.75, 3.05) is 18.6 Å². The summed E-state index contributed by atoms with van der Waals surface area (Å²) in [7, 11) is 1.65. The van der Waals surface area contributed by atoms with E-state index in [2.05, 4.69) is 4.98 Å². The molecule has 24 heavy (non-hydrogen) atoms. The summed E-state index contributed by atoms with van der Waals surface area (Å²) in [5.74, 6) is -0.630. The van der Waals surface area contributed by atoms with Gasteiger partial charge in [0.25, 0.3) is 12.1 Å². The number of esters is 1. The lowest BCUT2D eigenvalue weighted by Crippen LogP contribution is -2.37. The van der Waals surface area contributed by atoms with Crippen LogP contribution in [0.2, 0.25) is 0 Å². The van der Waals surface area contributed by atoms with Crippen LogP contribution in [0.5, 0.6) is 0 Å². The Balaban J connectivity index is 1.92. The van der Waals surface area contributed by atoms with Crippen LogP contribution >= 0.6 is 11.3 Å². The molecule has 1 fully saturated rings. The molecule has 0 spiro atoms. The maximum absolute atomic E-state index is 12.4. The fourth-order valence-electron chi connectivity index (χ4n) is 3.01. The molecule has 1 saturated heterocycles. The molecule has 0 N–H and O–H groups in total. The summed E-state index contributed by atoms with van der Waals surface area (Å²) < 4.78 is 5.29. The van der Waals surface area contributed by atoms with Crippen LogP contribution in [0.25, 0.3) is 0 Å². The summed E-state index contributed by atoms with van der Waals surface area (Å²) in [5.41, 5.74) is 0.667. The maximum Gasteiger partial charge on any atom is 0.307 e. The molecule has 0 bridgehead atoms. The normalized spacial score (nSPS) is 22.8. The third kappa shape index (κ3) is 2.90. The van der Waals surface area contributed by atoms with Crippen LogP contribution in [0, 0.1) is 5.41 Å². The van der Waals surface area contributed by atoms with E-state index in [4.69, 9.17) is 4.74 Å². The maximum atomic E-state index is 12.4. The van der Waals surface area contributed by atoms with Crippen molar-refractivity contribution in [1.82, 2.24) is 9.88 Å². The van der Waals surface area contributed by atoms with Crippen LogP contribution < -0.4 is 4.90 Å². The van der Waals surface area contributed by atoms with Gasteiger partial charge < -0.3 is 9.64 Å². The van der Waals surface area contributed by atoms with E-state index in [0.29, 0.717) is 16.4 Å². The van der Waals surface area contributed by atoms with Gasteiger partial charge in [-0.15, -0.1) is 0 Å². The average molecular weight is 351 g/mol. The molecule has 130 valence electrons. The molecule has 1 amide bonds. The number of hydrogen-bond acceptors (Lipinski definition) is 7. The molecule has 0 saturated carbocycles. The van der Waals surface area contributed by atoms with Crippen LogP contribution in [0.3, 0.4) is 0 Å². The van der Waals surface area contributed by atoms with Gasteiger partial charge in [0.15, 0.2) is 10.9 Å². The van der Waals surface area contributed by atoms with Crippen LogP contribution in [0.1, 0.15) is 49.0 Å². The smallest absolute Gasteiger partial charge is 0.307 e. The van der Waals surface area contributed by atoms with Gasteiger partial charge in [0.1, 0.15) is 0 Å². The van der Waals surface area contributed by atoms with Gasteiger partial charge in [-0.25, -0.2) is 4.98 Å². The zero-order valence-electron chi connectivity index (χ0n) is 14.3. The summed E-state index contributed by atoms with van der Waals surface area (Å²) in [6.45, 7) is 6.06. The first-order chi connectivity index (χ1) is 11.2. The predicted octanol–water partition coefficient (Wildman–Crippen LogP) is 1.81. The van der Waals surface area contributed by atoms with Crippen molar-refractivity contribution in [1.29, 1.82) is 0 Å². The second-order valence-corrected chi connectivity index (χ2v) is 8.03. The van der Waals surface area contributed by atoms with E-state index in [1.54, 1.807) is 18.9 Å². The molecule has 1 aromatic rings. The number of thiazole rings is 1. The standard InChI is InChI=1S/C16H21N3O4S/c1-5-11(21)23-14-13(22)18(4)8-19(14)15-17-9-6-16(2,3)7-10(20)12(9)24-15/h14H,5-8H2,1-4H3. The monoisotopic (exact) mass is 351 g/mol. The van der Waals surface area contributed by atoms with Gasteiger partial charge in [0.2, 0.25) is 0 Å².